The van der Waals surface area contributed by atoms with Crippen molar-refractivity contribution in [2.75, 3.05) is 6.61 Å². The zero-order valence-electron chi connectivity index (χ0n) is 14.7. The largest absolute Gasteiger partial charge is 0.478 e. The van der Waals surface area contributed by atoms with Gasteiger partial charge >= 0.3 is 5.97 Å². The van der Waals surface area contributed by atoms with Crippen LogP contribution in [0, 0.1) is 6.92 Å². The van der Waals surface area contributed by atoms with Gasteiger partial charge in [0.05, 0.1) is 41.4 Å². The first-order valence-electron chi connectivity index (χ1n) is 8.49. The van der Waals surface area contributed by atoms with E-state index in [1.54, 1.807) is 13.0 Å². The first kappa shape index (κ1) is 16.5. The predicted molar refractivity (Wildman–Crippen MR) is 98.9 cm³/mol. The molecule has 3 heterocycles. The van der Waals surface area contributed by atoms with E-state index in [1.807, 2.05) is 42.1 Å². The minimum Gasteiger partial charge on any atom is -0.478 e. The number of aryl methyl sites for hydroxylation is 1. The van der Waals surface area contributed by atoms with Crippen LogP contribution < -0.4 is 0 Å². The third-order valence-electron chi connectivity index (χ3n) is 4.79. The summed E-state index contributed by atoms with van der Waals surface area (Å²) >= 11 is 0. The van der Waals surface area contributed by atoms with Gasteiger partial charge in [0.25, 0.3) is 0 Å². The molecule has 1 aliphatic heterocycles. The van der Waals surface area contributed by atoms with Crippen molar-refractivity contribution in [2.45, 2.75) is 20.0 Å². The van der Waals surface area contributed by atoms with Crippen molar-refractivity contribution in [2.24, 2.45) is 7.05 Å². The second-order valence-electron chi connectivity index (χ2n) is 6.39. The summed E-state index contributed by atoms with van der Waals surface area (Å²) in [4.78, 5) is 16.4. The van der Waals surface area contributed by atoms with Crippen LogP contribution in [-0.4, -0.2) is 32.4 Å². The van der Waals surface area contributed by atoms with Gasteiger partial charge in [0, 0.05) is 24.4 Å². The predicted octanol–water partition coefficient (Wildman–Crippen LogP) is 3.22. The Kier molecular flexibility index (Phi) is 4.05. The quantitative estimate of drug-likeness (QED) is 0.785. The van der Waals surface area contributed by atoms with E-state index in [4.69, 9.17) is 4.74 Å². The molecule has 2 aromatic heterocycles. The van der Waals surface area contributed by atoms with Crippen LogP contribution in [-0.2, 0) is 24.8 Å². The average Bonchev–Trinajstić information content (AvgIpc) is 2.94. The second kappa shape index (κ2) is 6.38. The van der Waals surface area contributed by atoms with Gasteiger partial charge in [-0.3, -0.25) is 4.68 Å². The summed E-state index contributed by atoms with van der Waals surface area (Å²) in [6, 6.07) is 7.31. The molecule has 0 saturated carbocycles. The first-order chi connectivity index (χ1) is 12.6. The van der Waals surface area contributed by atoms with Crippen LogP contribution in [0.4, 0.5) is 0 Å². The van der Waals surface area contributed by atoms with Crippen LogP contribution in [0.5, 0.6) is 0 Å². The van der Waals surface area contributed by atoms with Crippen molar-refractivity contribution in [1.82, 2.24) is 14.8 Å². The lowest BCUT2D eigenvalue weighted by Crippen LogP contribution is -2.08. The number of carbonyl (C=O) groups is 1. The molecule has 1 aromatic carbocycles. The molecule has 26 heavy (non-hydrogen) atoms. The number of ether oxygens (including phenoxy) is 1. The summed E-state index contributed by atoms with van der Waals surface area (Å²) in [7, 11) is 1.90. The van der Waals surface area contributed by atoms with Gasteiger partial charge in [-0.05, 0) is 30.7 Å². The van der Waals surface area contributed by atoms with Gasteiger partial charge in [-0.15, -0.1) is 0 Å². The number of hydrogen-bond donors (Lipinski definition) is 1. The zero-order valence-corrected chi connectivity index (χ0v) is 14.7. The minimum absolute atomic E-state index is 0.297. The van der Waals surface area contributed by atoms with Crippen molar-refractivity contribution in [1.29, 1.82) is 0 Å². The third kappa shape index (κ3) is 2.68. The molecule has 3 aromatic rings. The number of aromatic nitrogens is 3. The fourth-order valence-corrected chi connectivity index (χ4v) is 3.47. The summed E-state index contributed by atoms with van der Waals surface area (Å²) in [6.07, 6.45) is 4.61. The van der Waals surface area contributed by atoms with Crippen LogP contribution in [0.3, 0.4) is 0 Å². The SMILES string of the molecule is Cc1c(/C=C/c2c3c(nn2C)CCOC3)nc2ccccc2c1C(=O)O. The van der Waals surface area contributed by atoms with E-state index in [9.17, 15) is 9.90 Å². The smallest absolute Gasteiger partial charge is 0.336 e. The van der Waals surface area contributed by atoms with Crippen LogP contribution in [0.15, 0.2) is 24.3 Å². The van der Waals surface area contributed by atoms with E-state index in [-0.39, 0.29) is 0 Å². The molecule has 6 nitrogen and oxygen atoms in total. The number of fused-ring (bicyclic) bond motifs is 2. The number of rotatable bonds is 3. The van der Waals surface area contributed by atoms with Gasteiger partial charge in [0.2, 0.25) is 0 Å². The summed E-state index contributed by atoms with van der Waals surface area (Å²) in [5.74, 6) is -0.943. The molecule has 0 spiro atoms. The van der Waals surface area contributed by atoms with Crippen molar-refractivity contribution in [3.8, 4) is 0 Å². The van der Waals surface area contributed by atoms with Crippen LogP contribution in [0.2, 0.25) is 0 Å². The highest BCUT2D eigenvalue weighted by atomic mass is 16.5. The van der Waals surface area contributed by atoms with Gasteiger partial charge in [-0.25, -0.2) is 9.78 Å². The Labute approximate surface area is 150 Å². The molecule has 0 amide bonds. The van der Waals surface area contributed by atoms with E-state index in [2.05, 4.69) is 10.1 Å². The monoisotopic (exact) mass is 349 g/mol. The van der Waals surface area contributed by atoms with Crippen molar-refractivity contribution in [3.63, 3.8) is 0 Å². The highest BCUT2D eigenvalue weighted by Gasteiger charge is 2.19. The number of pyridine rings is 1. The summed E-state index contributed by atoms with van der Waals surface area (Å²) in [5.41, 5.74) is 5.38. The maximum atomic E-state index is 11.8. The molecule has 1 aliphatic rings. The summed E-state index contributed by atoms with van der Waals surface area (Å²) in [6.45, 7) is 3.04. The molecule has 6 heteroatoms. The molecule has 0 aliphatic carbocycles. The summed E-state index contributed by atoms with van der Waals surface area (Å²) in [5, 5.41) is 14.9. The molecule has 4 rings (SSSR count). The zero-order chi connectivity index (χ0) is 18.3. The highest BCUT2D eigenvalue weighted by molar-refractivity contribution is 6.04. The number of carboxylic acid groups (broad SMARTS) is 1. The maximum absolute atomic E-state index is 11.8. The molecular formula is C20H19N3O3. The Morgan fingerprint density at radius 2 is 2.12 bits per heavy atom. The van der Waals surface area contributed by atoms with Crippen LogP contribution in [0.25, 0.3) is 23.1 Å². The van der Waals surface area contributed by atoms with Gasteiger partial charge in [0.1, 0.15) is 0 Å². The average molecular weight is 349 g/mol. The molecule has 0 atom stereocenters. The van der Waals surface area contributed by atoms with E-state index in [1.165, 1.54) is 0 Å². The topological polar surface area (TPSA) is 77.2 Å². The van der Waals surface area contributed by atoms with E-state index in [0.717, 1.165) is 23.4 Å². The molecule has 0 bridgehead atoms. The van der Waals surface area contributed by atoms with E-state index in [0.29, 0.717) is 40.9 Å². The lowest BCUT2D eigenvalue weighted by Gasteiger charge is -2.11. The van der Waals surface area contributed by atoms with Crippen molar-refractivity contribution in [3.05, 3.63) is 58.0 Å². The Morgan fingerprint density at radius 3 is 2.92 bits per heavy atom. The summed E-state index contributed by atoms with van der Waals surface area (Å²) < 4.78 is 7.39. The second-order valence-corrected chi connectivity index (χ2v) is 6.39. The number of hydrogen-bond acceptors (Lipinski definition) is 4. The van der Waals surface area contributed by atoms with Crippen molar-refractivity contribution < 1.29 is 14.6 Å². The Bertz CT molecular complexity index is 1050. The molecular weight excluding hydrogens is 330 g/mol. The fourth-order valence-electron chi connectivity index (χ4n) is 3.47. The number of benzene rings is 1. The molecule has 0 fully saturated rings. The van der Waals surface area contributed by atoms with Gasteiger partial charge in [0.15, 0.2) is 0 Å². The van der Waals surface area contributed by atoms with Gasteiger partial charge < -0.3 is 9.84 Å². The lowest BCUT2D eigenvalue weighted by molar-refractivity contribution is 0.0698. The Morgan fingerprint density at radius 1 is 1.31 bits per heavy atom. The third-order valence-corrected chi connectivity index (χ3v) is 4.79. The van der Waals surface area contributed by atoms with Gasteiger partial charge in [-0.2, -0.15) is 5.10 Å². The molecule has 132 valence electrons. The minimum atomic E-state index is -0.943. The molecule has 1 N–H and O–H groups in total. The van der Waals surface area contributed by atoms with Crippen molar-refractivity contribution >= 4 is 29.0 Å². The Balaban J connectivity index is 1.83. The number of nitrogens with zero attached hydrogens (tertiary/aromatic N) is 3. The maximum Gasteiger partial charge on any atom is 0.336 e. The standard InChI is InChI=1S/C20H19N3O3/c1-12-15(21-16-6-4-3-5-13(16)19(12)20(24)25)7-8-18-14-11-26-10-9-17(14)22-23(18)2/h3-8H,9-11H2,1-2H3,(H,24,25)/b8-7+. The first-order valence-corrected chi connectivity index (χ1v) is 8.49. The van der Waals surface area contributed by atoms with E-state index < -0.39 is 5.97 Å². The lowest BCUT2D eigenvalue weighted by atomic mass is 10.0. The Hall–Kier alpha value is -2.99. The molecule has 0 saturated heterocycles. The number of aromatic carboxylic acids is 1. The highest BCUT2D eigenvalue weighted by Crippen LogP contribution is 2.26. The van der Waals surface area contributed by atoms with Crippen LogP contribution >= 0.6 is 0 Å². The normalized spacial score (nSPS) is 14.1. The van der Waals surface area contributed by atoms with Gasteiger partial charge in [-0.1, -0.05) is 18.2 Å². The number of para-hydroxylation sites is 1. The molecule has 0 unspecified atom stereocenters. The van der Waals surface area contributed by atoms with Crippen LogP contribution in [0.1, 0.15) is 38.6 Å². The van der Waals surface area contributed by atoms with E-state index >= 15 is 0 Å². The number of carboxylic acids is 1. The fraction of sp³-hybridized carbons (Fsp3) is 0.250. The molecule has 0 radical (unpaired) electrons.